The van der Waals surface area contributed by atoms with Gasteiger partial charge in [-0.1, -0.05) is 25.5 Å². The van der Waals surface area contributed by atoms with Crippen molar-refractivity contribution in [1.29, 1.82) is 0 Å². The van der Waals surface area contributed by atoms with Gasteiger partial charge in [0.15, 0.2) is 0 Å². The number of hydrogen-bond donors (Lipinski definition) is 1. The predicted octanol–water partition coefficient (Wildman–Crippen LogP) is 6.99. The summed E-state index contributed by atoms with van der Waals surface area (Å²) in [5.41, 5.74) is 3.25. The quantitative estimate of drug-likeness (QED) is 0.337. The Morgan fingerprint density at radius 3 is 2.00 bits per heavy atom. The molecule has 0 aromatic heterocycles. The van der Waals surface area contributed by atoms with Crippen molar-refractivity contribution in [3.63, 3.8) is 0 Å². The van der Waals surface area contributed by atoms with Crippen molar-refractivity contribution in [3.05, 3.63) is 54.1 Å². The van der Waals surface area contributed by atoms with Crippen molar-refractivity contribution in [2.75, 3.05) is 13.2 Å². The Balaban J connectivity index is 1.72. The first-order valence-electron chi connectivity index (χ1n) is 10.4. The minimum Gasteiger partial charge on any atom is -0.494 e. The molecule has 1 N–H and O–H groups in total. The van der Waals surface area contributed by atoms with E-state index >= 15 is 0 Å². The van der Waals surface area contributed by atoms with E-state index in [4.69, 9.17) is 4.74 Å². The first-order chi connectivity index (χ1) is 13.5. The second-order valence-electron chi connectivity index (χ2n) is 8.20. The average Bonchev–Trinajstić information content (AvgIpc) is 2.68. The molecule has 0 radical (unpaired) electrons. The van der Waals surface area contributed by atoms with Crippen LogP contribution < -0.4 is 10.1 Å². The number of nitrogens with one attached hydrogen (secondary N) is 1. The maximum atomic E-state index is 5.80. The molecule has 0 spiro atoms. The molecule has 4 nitrogen and oxygen atoms in total. The van der Waals surface area contributed by atoms with Crippen LogP contribution in [-0.4, -0.2) is 18.7 Å². The second-order valence-corrected chi connectivity index (χ2v) is 8.20. The van der Waals surface area contributed by atoms with E-state index in [2.05, 4.69) is 55.4 Å². The van der Waals surface area contributed by atoms with Crippen molar-refractivity contribution >= 4 is 11.4 Å². The number of azo groups is 1. The highest BCUT2D eigenvalue weighted by molar-refractivity contribution is 5.43. The molecule has 0 amide bonds. The monoisotopic (exact) mass is 381 g/mol. The Morgan fingerprint density at radius 1 is 0.821 bits per heavy atom. The summed E-state index contributed by atoms with van der Waals surface area (Å²) in [6.07, 6.45) is 5.72. The molecule has 28 heavy (non-hydrogen) atoms. The molecule has 2 aromatic rings. The Labute approximate surface area is 170 Å². The third-order valence-corrected chi connectivity index (χ3v) is 4.37. The van der Waals surface area contributed by atoms with Crippen LogP contribution in [0.4, 0.5) is 11.4 Å². The molecule has 0 fully saturated rings. The third kappa shape index (κ3) is 9.14. The van der Waals surface area contributed by atoms with E-state index < -0.39 is 0 Å². The minimum atomic E-state index is 0.183. The van der Waals surface area contributed by atoms with Crippen LogP contribution in [0.1, 0.15) is 58.9 Å². The Morgan fingerprint density at radius 2 is 1.43 bits per heavy atom. The lowest BCUT2D eigenvalue weighted by Crippen LogP contribution is -2.36. The molecular weight excluding hydrogens is 346 g/mol. The number of unbranched alkanes of at least 4 members (excludes halogenated alkanes) is 2. The SMILES string of the molecule is CCCCc1ccc(N=Nc2ccc(OCCCCNC(C)(C)C)cc2)cc1. The summed E-state index contributed by atoms with van der Waals surface area (Å²) in [4.78, 5) is 0. The molecule has 2 rings (SSSR count). The van der Waals surface area contributed by atoms with Crippen LogP contribution in [0.2, 0.25) is 0 Å². The van der Waals surface area contributed by atoms with Crippen molar-refractivity contribution in [3.8, 4) is 5.75 Å². The maximum absolute atomic E-state index is 5.80. The topological polar surface area (TPSA) is 46.0 Å². The lowest BCUT2D eigenvalue weighted by molar-refractivity contribution is 0.301. The predicted molar refractivity (Wildman–Crippen MR) is 118 cm³/mol. The van der Waals surface area contributed by atoms with Gasteiger partial charge in [-0.2, -0.15) is 10.2 Å². The lowest BCUT2D eigenvalue weighted by atomic mass is 10.1. The number of benzene rings is 2. The van der Waals surface area contributed by atoms with Crippen LogP contribution in [0.15, 0.2) is 58.8 Å². The van der Waals surface area contributed by atoms with Gasteiger partial charge < -0.3 is 10.1 Å². The van der Waals surface area contributed by atoms with Gasteiger partial charge in [-0.15, -0.1) is 0 Å². The number of aryl methyl sites for hydroxylation is 1. The molecule has 0 aliphatic rings. The molecule has 0 atom stereocenters. The molecule has 0 bridgehead atoms. The first-order valence-corrected chi connectivity index (χ1v) is 10.4. The van der Waals surface area contributed by atoms with Gasteiger partial charge in [0.2, 0.25) is 0 Å². The highest BCUT2D eigenvalue weighted by Gasteiger charge is 2.06. The smallest absolute Gasteiger partial charge is 0.119 e. The summed E-state index contributed by atoms with van der Waals surface area (Å²) in [6.45, 7) is 10.5. The number of nitrogens with zero attached hydrogens (tertiary/aromatic N) is 2. The van der Waals surface area contributed by atoms with Gasteiger partial charge in [-0.25, -0.2) is 0 Å². The maximum Gasteiger partial charge on any atom is 0.119 e. The molecule has 152 valence electrons. The van der Waals surface area contributed by atoms with Crippen LogP contribution >= 0.6 is 0 Å². The summed E-state index contributed by atoms with van der Waals surface area (Å²) < 4.78 is 5.80. The summed E-state index contributed by atoms with van der Waals surface area (Å²) in [7, 11) is 0. The van der Waals surface area contributed by atoms with Gasteiger partial charge in [-0.05, 0) is 95.0 Å². The van der Waals surface area contributed by atoms with E-state index in [9.17, 15) is 0 Å². The normalized spacial score (nSPS) is 11.9. The van der Waals surface area contributed by atoms with Gasteiger partial charge in [0.1, 0.15) is 5.75 Å². The third-order valence-electron chi connectivity index (χ3n) is 4.37. The lowest BCUT2D eigenvalue weighted by Gasteiger charge is -2.20. The fraction of sp³-hybridized carbons (Fsp3) is 0.500. The van der Waals surface area contributed by atoms with Crippen molar-refractivity contribution in [2.45, 2.75) is 65.3 Å². The number of ether oxygens (including phenoxy) is 1. The molecule has 0 saturated heterocycles. The first kappa shape index (κ1) is 22.1. The zero-order valence-electron chi connectivity index (χ0n) is 17.9. The van der Waals surface area contributed by atoms with Gasteiger partial charge in [0.05, 0.1) is 18.0 Å². The largest absolute Gasteiger partial charge is 0.494 e. The van der Waals surface area contributed by atoms with Crippen LogP contribution in [0.25, 0.3) is 0 Å². The van der Waals surface area contributed by atoms with E-state index in [0.29, 0.717) is 0 Å². The Kier molecular flexibility index (Phi) is 9.15. The fourth-order valence-corrected chi connectivity index (χ4v) is 2.72. The van der Waals surface area contributed by atoms with Crippen molar-refractivity contribution in [2.24, 2.45) is 10.2 Å². The van der Waals surface area contributed by atoms with Crippen LogP contribution in [0.3, 0.4) is 0 Å². The molecular formula is C24H35N3O. The average molecular weight is 382 g/mol. The highest BCUT2D eigenvalue weighted by Crippen LogP contribution is 2.22. The molecule has 0 unspecified atom stereocenters. The fourth-order valence-electron chi connectivity index (χ4n) is 2.72. The van der Waals surface area contributed by atoms with Gasteiger partial charge in [-0.3, -0.25) is 0 Å². The summed E-state index contributed by atoms with van der Waals surface area (Å²) in [5.74, 6) is 0.878. The minimum absolute atomic E-state index is 0.183. The second kappa shape index (κ2) is 11.6. The van der Waals surface area contributed by atoms with Crippen LogP contribution in [0, 0.1) is 0 Å². The summed E-state index contributed by atoms with van der Waals surface area (Å²) >= 11 is 0. The molecule has 0 aliphatic carbocycles. The summed E-state index contributed by atoms with van der Waals surface area (Å²) in [6, 6.07) is 16.1. The van der Waals surface area contributed by atoms with E-state index in [0.717, 1.165) is 49.5 Å². The van der Waals surface area contributed by atoms with Crippen molar-refractivity contribution in [1.82, 2.24) is 5.32 Å². The van der Waals surface area contributed by atoms with E-state index in [1.165, 1.54) is 18.4 Å². The van der Waals surface area contributed by atoms with E-state index in [-0.39, 0.29) is 5.54 Å². The molecule has 0 heterocycles. The van der Waals surface area contributed by atoms with E-state index in [1.54, 1.807) is 0 Å². The van der Waals surface area contributed by atoms with Gasteiger partial charge in [0.25, 0.3) is 0 Å². The highest BCUT2D eigenvalue weighted by atomic mass is 16.5. The number of hydrogen-bond acceptors (Lipinski definition) is 4. The Bertz CT molecular complexity index is 700. The van der Waals surface area contributed by atoms with Crippen molar-refractivity contribution < 1.29 is 4.74 Å². The van der Waals surface area contributed by atoms with Gasteiger partial charge in [0, 0.05) is 5.54 Å². The molecule has 0 saturated carbocycles. The molecule has 0 aliphatic heterocycles. The zero-order chi connectivity index (χ0) is 20.2. The van der Waals surface area contributed by atoms with Crippen LogP contribution in [-0.2, 0) is 6.42 Å². The number of rotatable bonds is 11. The summed E-state index contributed by atoms with van der Waals surface area (Å²) in [5, 5.41) is 12.1. The molecule has 4 heteroatoms. The van der Waals surface area contributed by atoms with Crippen LogP contribution in [0.5, 0.6) is 5.75 Å². The standard InChI is InChI=1S/C24H35N3O/c1-5-6-9-20-10-12-21(13-11-20)26-27-22-14-16-23(17-15-22)28-19-8-7-18-25-24(2,3)4/h10-17,25H,5-9,18-19H2,1-4H3. The molecule has 2 aromatic carbocycles. The van der Waals surface area contributed by atoms with E-state index in [1.807, 2.05) is 36.4 Å². The Hall–Kier alpha value is -2.20. The van der Waals surface area contributed by atoms with Gasteiger partial charge >= 0.3 is 0 Å². The zero-order valence-corrected chi connectivity index (χ0v) is 17.9.